The summed E-state index contributed by atoms with van der Waals surface area (Å²) in [6.45, 7) is 0.414. The highest BCUT2D eigenvalue weighted by Crippen LogP contribution is 2.27. The van der Waals surface area contributed by atoms with E-state index in [2.05, 4.69) is 10.6 Å². The van der Waals surface area contributed by atoms with Gasteiger partial charge >= 0.3 is 0 Å². The van der Waals surface area contributed by atoms with Crippen molar-refractivity contribution in [3.63, 3.8) is 0 Å². The largest absolute Gasteiger partial charge is 0.340 e. The van der Waals surface area contributed by atoms with Crippen molar-refractivity contribution in [3.05, 3.63) is 162 Å². The first-order valence-electron chi connectivity index (χ1n) is 15.1. The van der Waals surface area contributed by atoms with E-state index in [4.69, 9.17) is 0 Å². The number of nitrogens with zero attached hydrogens (tertiary/aromatic N) is 2. The summed E-state index contributed by atoms with van der Waals surface area (Å²) >= 11 is 0. The Morgan fingerprint density at radius 2 is 1.35 bits per heavy atom. The van der Waals surface area contributed by atoms with E-state index in [0.29, 0.717) is 29.1 Å². The van der Waals surface area contributed by atoms with Crippen LogP contribution in [0.1, 0.15) is 38.0 Å². The topological polar surface area (TPSA) is 83.4 Å². The summed E-state index contributed by atoms with van der Waals surface area (Å²) in [5, 5.41) is 6.79. The minimum atomic E-state index is -0.875. The normalized spacial score (nSPS) is 11.5. The van der Waals surface area contributed by atoms with Gasteiger partial charge < -0.3 is 20.1 Å². The summed E-state index contributed by atoms with van der Waals surface area (Å²) < 4.78 is 1.79. The second kappa shape index (κ2) is 13.4. The molecular weight excluding hydrogens is 572 g/mol. The summed E-state index contributed by atoms with van der Waals surface area (Å²) in [7, 11) is 3.55. The van der Waals surface area contributed by atoms with Crippen LogP contribution in [0.5, 0.6) is 0 Å². The van der Waals surface area contributed by atoms with Gasteiger partial charge in [-0.05, 0) is 52.6 Å². The van der Waals surface area contributed by atoms with E-state index >= 15 is 0 Å². The first kappa shape index (κ1) is 30.1. The average Bonchev–Trinajstić information content (AvgIpc) is 3.43. The summed E-state index contributed by atoms with van der Waals surface area (Å²) in [5.74, 6) is -0.823. The number of carbonyl (C=O) groups is 3. The van der Waals surface area contributed by atoms with Gasteiger partial charge in [0.15, 0.2) is 0 Å². The number of rotatable bonds is 9. The minimum Gasteiger partial charge on any atom is -0.340 e. The van der Waals surface area contributed by atoms with Crippen molar-refractivity contribution in [2.24, 2.45) is 7.05 Å². The van der Waals surface area contributed by atoms with Crippen LogP contribution >= 0.6 is 0 Å². The van der Waals surface area contributed by atoms with Crippen LogP contribution in [0.25, 0.3) is 22.0 Å². The van der Waals surface area contributed by atoms with Crippen molar-refractivity contribution in [1.82, 2.24) is 14.8 Å². The Balaban J connectivity index is 1.23. The van der Waals surface area contributed by atoms with E-state index in [9.17, 15) is 14.4 Å². The van der Waals surface area contributed by atoms with Gasteiger partial charge in [-0.15, -0.1) is 0 Å². The number of hydrogen-bond donors (Lipinski definition) is 2. The molecule has 7 nitrogen and oxygen atoms in total. The van der Waals surface area contributed by atoms with Crippen molar-refractivity contribution < 1.29 is 14.4 Å². The number of benzene rings is 5. The molecular formula is C39H34N4O3. The molecule has 5 aromatic carbocycles. The van der Waals surface area contributed by atoms with E-state index in [-0.39, 0.29) is 17.7 Å². The zero-order valence-electron chi connectivity index (χ0n) is 25.7. The molecule has 7 heteroatoms. The molecule has 0 fully saturated rings. The van der Waals surface area contributed by atoms with Crippen LogP contribution in [0.3, 0.4) is 0 Å². The summed E-state index contributed by atoms with van der Waals surface area (Å²) in [6, 6.07) is 42.7. The molecule has 1 heterocycles. The standard InChI is InChI=1S/C39H34N4O3/c1-42(26-27-14-6-3-7-15-27)39(46)36(29-18-10-5-11-19-29)41-38(45)35-25-30-24-31(22-23-34(30)43(35)2)40-37(44)33-21-13-12-20-32(33)28-16-8-4-9-17-28/h3-25,36H,26H2,1-2H3,(H,40,44)(H,41,45). The highest BCUT2D eigenvalue weighted by molar-refractivity contribution is 6.09. The molecule has 0 radical (unpaired) electrons. The van der Waals surface area contributed by atoms with Gasteiger partial charge in [-0.3, -0.25) is 14.4 Å². The van der Waals surface area contributed by atoms with Gasteiger partial charge in [-0.2, -0.15) is 0 Å². The fourth-order valence-electron chi connectivity index (χ4n) is 5.69. The van der Waals surface area contributed by atoms with Gasteiger partial charge in [-0.1, -0.05) is 109 Å². The number of anilines is 1. The lowest BCUT2D eigenvalue weighted by molar-refractivity contribution is -0.132. The predicted molar refractivity (Wildman–Crippen MR) is 182 cm³/mol. The maximum atomic E-state index is 13.8. The summed E-state index contributed by atoms with van der Waals surface area (Å²) in [5.41, 5.74) is 5.88. The van der Waals surface area contributed by atoms with Gasteiger partial charge in [0.05, 0.1) is 0 Å². The average molecular weight is 607 g/mol. The lowest BCUT2D eigenvalue weighted by Crippen LogP contribution is -2.41. The SMILES string of the molecule is CN(Cc1ccccc1)C(=O)C(NC(=O)c1cc2cc(NC(=O)c3ccccc3-c3ccccc3)ccc2n1C)c1ccccc1. The molecule has 1 unspecified atom stereocenters. The first-order chi connectivity index (χ1) is 22.4. The number of fused-ring (bicyclic) bond motifs is 1. The van der Waals surface area contributed by atoms with Crippen LogP contribution < -0.4 is 10.6 Å². The van der Waals surface area contributed by atoms with Crippen LogP contribution in [-0.4, -0.2) is 34.2 Å². The van der Waals surface area contributed by atoms with Crippen molar-refractivity contribution in [2.45, 2.75) is 12.6 Å². The van der Waals surface area contributed by atoms with Crippen molar-refractivity contribution >= 4 is 34.3 Å². The molecule has 0 spiro atoms. The van der Waals surface area contributed by atoms with Gasteiger partial charge in [0.25, 0.3) is 11.8 Å². The van der Waals surface area contributed by atoms with Crippen LogP contribution in [0, 0.1) is 0 Å². The predicted octanol–water partition coefficient (Wildman–Crippen LogP) is 7.23. The number of aromatic nitrogens is 1. The lowest BCUT2D eigenvalue weighted by atomic mass is 9.99. The molecule has 6 rings (SSSR count). The number of nitrogens with one attached hydrogen (secondary N) is 2. The van der Waals surface area contributed by atoms with E-state index < -0.39 is 6.04 Å². The molecule has 1 aromatic heterocycles. The maximum absolute atomic E-state index is 13.8. The maximum Gasteiger partial charge on any atom is 0.268 e. The molecule has 0 saturated heterocycles. The van der Waals surface area contributed by atoms with Crippen molar-refractivity contribution in [2.75, 3.05) is 12.4 Å². The Labute approximate surface area is 268 Å². The Kier molecular flexibility index (Phi) is 8.74. The zero-order chi connectivity index (χ0) is 32.0. The smallest absolute Gasteiger partial charge is 0.268 e. The van der Waals surface area contributed by atoms with Crippen molar-refractivity contribution in [1.29, 1.82) is 0 Å². The number of hydrogen-bond acceptors (Lipinski definition) is 3. The molecule has 1 atom stereocenters. The van der Waals surface area contributed by atoms with Crippen LogP contribution in [-0.2, 0) is 18.4 Å². The van der Waals surface area contributed by atoms with Gasteiger partial charge in [0.2, 0.25) is 5.91 Å². The molecule has 6 aromatic rings. The Hall–Kier alpha value is -5.95. The fraction of sp³-hybridized carbons (Fsp3) is 0.103. The quantitative estimate of drug-likeness (QED) is 0.182. The minimum absolute atomic E-state index is 0.219. The highest BCUT2D eigenvalue weighted by Gasteiger charge is 2.27. The molecule has 0 aliphatic rings. The highest BCUT2D eigenvalue weighted by atomic mass is 16.2. The molecule has 0 aliphatic heterocycles. The molecule has 0 bridgehead atoms. The fourth-order valence-corrected chi connectivity index (χ4v) is 5.69. The zero-order valence-corrected chi connectivity index (χ0v) is 25.7. The molecule has 0 saturated carbocycles. The van der Waals surface area contributed by atoms with E-state index in [0.717, 1.165) is 27.6 Å². The van der Waals surface area contributed by atoms with Gasteiger partial charge in [-0.25, -0.2) is 0 Å². The second-order valence-electron chi connectivity index (χ2n) is 11.2. The lowest BCUT2D eigenvalue weighted by Gasteiger charge is -2.25. The number of carbonyl (C=O) groups excluding carboxylic acids is 3. The van der Waals surface area contributed by atoms with E-state index in [1.165, 1.54) is 0 Å². The molecule has 0 aliphatic carbocycles. The third-order valence-corrected chi connectivity index (χ3v) is 8.08. The summed E-state index contributed by atoms with van der Waals surface area (Å²) in [4.78, 5) is 42.5. The third kappa shape index (κ3) is 6.44. The van der Waals surface area contributed by atoms with Crippen LogP contribution in [0.15, 0.2) is 140 Å². The number of likely N-dealkylation sites (N-methyl/N-ethyl adjacent to an activating group) is 1. The molecule has 3 amide bonds. The monoisotopic (exact) mass is 606 g/mol. The Morgan fingerprint density at radius 3 is 2.07 bits per heavy atom. The van der Waals surface area contributed by atoms with Crippen molar-refractivity contribution in [3.8, 4) is 11.1 Å². The molecule has 228 valence electrons. The van der Waals surface area contributed by atoms with E-state index in [1.807, 2.05) is 141 Å². The van der Waals surface area contributed by atoms with Crippen LogP contribution in [0.2, 0.25) is 0 Å². The number of aryl methyl sites for hydroxylation is 1. The first-order valence-corrected chi connectivity index (χ1v) is 15.1. The third-order valence-electron chi connectivity index (χ3n) is 8.08. The van der Waals surface area contributed by atoms with E-state index in [1.54, 1.807) is 22.6 Å². The number of amides is 3. The Morgan fingerprint density at radius 1 is 0.717 bits per heavy atom. The second-order valence-corrected chi connectivity index (χ2v) is 11.2. The summed E-state index contributed by atoms with van der Waals surface area (Å²) in [6.07, 6.45) is 0. The van der Waals surface area contributed by atoms with Crippen LogP contribution in [0.4, 0.5) is 5.69 Å². The molecule has 46 heavy (non-hydrogen) atoms. The Bertz CT molecular complexity index is 2000. The van der Waals surface area contributed by atoms with Gasteiger partial charge in [0.1, 0.15) is 11.7 Å². The van der Waals surface area contributed by atoms with Gasteiger partial charge in [0, 0.05) is 42.8 Å². The molecule has 2 N–H and O–H groups in total.